The van der Waals surface area contributed by atoms with Gasteiger partial charge in [0.25, 0.3) is 15.9 Å². The molecular formula is C21H21Cl2N3O3S. The van der Waals surface area contributed by atoms with E-state index in [0.717, 1.165) is 43.3 Å². The van der Waals surface area contributed by atoms with E-state index < -0.39 is 10.0 Å². The summed E-state index contributed by atoms with van der Waals surface area (Å²) in [4.78, 5) is 14.8. The summed E-state index contributed by atoms with van der Waals surface area (Å²) in [5, 5.41) is 1.27. The zero-order chi connectivity index (χ0) is 21.5. The number of nitrogens with one attached hydrogen (secondary N) is 1. The van der Waals surface area contributed by atoms with Crippen LogP contribution in [-0.2, 0) is 17.1 Å². The number of benzene rings is 2. The van der Waals surface area contributed by atoms with E-state index in [4.69, 9.17) is 23.2 Å². The number of likely N-dealkylation sites (tertiary alicyclic amines) is 1. The van der Waals surface area contributed by atoms with Crippen LogP contribution in [0.5, 0.6) is 0 Å². The van der Waals surface area contributed by atoms with E-state index in [1.807, 2.05) is 16.5 Å². The van der Waals surface area contributed by atoms with Crippen LogP contribution in [0.2, 0.25) is 10.0 Å². The predicted octanol–water partition coefficient (Wildman–Crippen LogP) is 4.91. The number of aryl methyl sites for hydroxylation is 1. The zero-order valence-electron chi connectivity index (χ0n) is 16.4. The molecule has 1 N–H and O–H groups in total. The van der Waals surface area contributed by atoms with Crippen LogP contribution in [0, 0.1) is 0 Å². The Kier molecular flexibility index (Phi) is 5.70. The number of aromatic nitrogens is 1. The molecule has 6 nitrogen and oxygen atoms in total. The summed E-state index contributed by atoms with van der Waals surface area (Å²) in [6.07, 6.45) is 5.00. The third-order valence-electron chi connectivity index (χ3n) is 5.26. The fourth-order valence-corrected chi connectivity index (χ4v) is 5.56. The van der Waals surface area contributed by atoms with E-state index in [-0.39, 0.29) is 20.8 Å². The molecule has 0 bridgehead atoms. The highest BCUT2D eigenvalue weighted by molar-refractivity contribution is 7.92. The fraction of sp³-hybridized carbons (Fsp3) is 0.286. The first-order valence-corrected chi connectivity index (χ1v) is 11.9. The molecule has 1 aliphatic heterocycles. The summed E-state index contributed by atoms with van der Waals surface area (Å²) in [6, 6.07) is 9.29. The minimum atomic E-state index is -3.87. The lowest BCUT2D eigenvalue weighted by Gasteiger charge is -2.26. The second-order valence-electron chi connectivity index (χ2n) is 7.45. The minimum Gasteiger partial charge on any atom is -0.350 e. The molecule has 0 spiro atoms. The molecule has 2 aromatic carbocycles. The molecule has 1 amide bonds. The van der Waals surface area contributed by atoms with Gasteiger partial charge in [0.05, 0.1) is 21.7 Å². The van der Waals surface area contributed by atoms with Crippen LogP contribution in [0.25, 0.3) is 10.9 Å². The highest BCUT2D eigenvalue weighted by Crippen LogP contribution is 2.28. The number of nitrogens with zero attached hydrogens (tertiary/aromatic N) is 2. The lowest BCUT2D eigenvalue weighted by molar-refractivity contribution is 0.0726. The monoisotopic (exact) mass is 465 g/mol. The lowest BCUT2D eigenvalue weighted by atomic mass is 10.1. The van der Waals surface area contributed by atoms with Crippen LogP contribution in [0.15, 0.2) is 47.5 Å². The molecule has 0 radical (unpaired) electrons. The van der Waals surface area contributed by atoms with E-state index in [0.29, 0.717) is 11.3 Å². The molecule has 1 fully saturated rings. The Bertz CT molecular complexity index is 1210. The van der Waals surface area contributed by atoms with Crippen molar-refractivity contribution in [1.29, 1.82) is 0 Å². The first-order valence-electron chi connectivity index (χ1n) is 9.62. The Morgan fingerprint density at radius 3 is 2.33 bits per heavy atom. The molecular weight excluding hydrogens is 445 g/mol. The summed E-state index contributed by atoms with van der Waals surface area (Å²) in [5.41, 5.74) is 1.78. The summed E-state index contributed by atoms with van der Waals surface area (Å²) < 4.78 is 29.9. The van der Waals surface area contributed by atoms with Crippen LogP contribution in [0.3, 0.4) is 0 Å². The summed E-state index contributed by atoms with van der Waals surface area (Å²) in [6.45, 7) is 1.55. The topological polar surface area (TPSA) is 71.4 Å². The Morgan fingerprint density at radius 1 is 1.00 bits per heavy atom. The van der Waals surface area contributed by atoms with Crippen molar-refractivity contribution in [1.82, 2.24) is 9.47 Å². The van der Waals surface area contributed by atoms with Crippen LogP contribution in [0.4, 0.5) is 5.69 Å². The maximum Gasteiger partial charge on any atom is 0.261 e. The molecule has 0 aliphatic carbocycles. The molecule has 1 saturated heterocycles. The summed E-state index contributed by atoms with van der Waals surface area (Å²) in [7, 11) is -2.03. The SMILES string of the molecule is Cn1cc(C(=O)N2CCCCC2)c2ccc(NS(=O)(=O)c3cc(Cl)cc(Cl)c3)cc21. The van der Waals surface area contributed by atoms with Gasteiger partial charge in [-0.05, 0) is 55.7 Å². The summed E-state index contributed by atoms with van der Waals surface area (Å²) in [5.74, 6) is 0.0159. The van der Waals surface area contributed by atoms with Gasteiger partial charge in [-0.3, -0.25) is 9.52 Å². The smallest absolute Gasteiger partial charge is 0.261 e. The number of sulfonamides is 1. The quantitative estimate of drug-likeness (QED) is 0.594. The van der Waals surface area contributed by atoms with Crippen LogP contribution in [-0.4, -0.2) is 36.9 Å². The van der Waals surface area contributed by atoms with Crippen LogP contribution in [0.1, 0.15) is 29.6 Å². The van der Waals surface area contributed by atoms with Crippen LogP contribution < -0.4 is 4.72 Å². The Balaban J connectivity index is 1.65. The van der Waals surface area contributed by atoms with Gasteiger partial charge >= 0.3 is 0 Å². The second-order valence-corrected chi connectivity index (χ2v) is 10.0. The highest BCUT2D eigenvalue weighted by Gasteiger charge is 2.22. The highest BCUT2D eigenvalue weighted by atomic mass is 35.5. The van der Waals surface area contributed by atoms with Crippen molar-refractivity contribution >= 4 is 55.7 Å². The van der Waals surface area contributed by atoms with Gasteiger partial charge in [-0.1, -0.05) is 23.2 Å². The van der Waals surface area contributed by atoms with Gasteiger partial charge in [-0.15, -0.1) is 0 Å². The Morgan fingerprint density at radius 2 is 1.67 bits per heavy atom. The normalized spacial score (nSPS) is 14.8. The number of rotatable bonds is 4. The van der Waals surface area contributed by atoms with Crippen molar-refractivity contribution in [2.24, 2.45) is 7.05 Å². The number of piperidine rings is 1. The van der Waals surface area contributed by atoms with E-state index >= 15 is 0 Å². The van der Waals surface area contributed by atoms with Crippen molar-refractivity contribution in [2.45, 2.75) is 24.2 Å². The lowest BCUT2D eigenvalue weighted by Crippen LogP contribution is -2.35. The zero-order valence-corrected chi connectivity index (χ0v) is 18.7. The molecule has 0 saturated carbocycles. The number of anilines is 1. The number of halogens is 2. The third-order valence-corrected chi connectivity index (χ3v) is 7.06. The van der Waals surface area contributed by atoms with E-state index in [1.165, 1.54) is 18.2 Å². The van der Waals surface area contributed by atoms with Gasteiger partial charge in [-0.2, -0.15) is 0 Å². The predicted molar refractivity (Wildman–Crippen MR) is 120 cm³/mol. The van der Waals surface area contributed by atoms with Crippen molar-refractivity contribution in [3.63, 3.8) is 0 Å². The largest absolute Gasteiger partial charge is 0.350 e. The number of fused-ring (bicyclic) bond motifs is 1. The molecule has 9 heteroatoms. The first kappa shape index (κ1) is 21.0. The van der Waals surface area contributed by atoms with Gasteiger partial charge in [0.1, 0.15) is 0 Å². The molecule has 3 aromatic rings. The number of carbonyl (C=O) groups is 1. The van der Waals surface area contributed by atoms with E-state index in [9.17, 15) is 13.2 Å². The molecule has 30 heavy (non-hydrogen) atoms. The number of carbonyl (C=O) groups excluding carboxylic acids is 1. The standard InChI is InChI=1S/C21H21Cl2N3O3S/c1-25-13-19(21(27)26-7-3-2-4-8-26)18-6-5-16(12-20(18)25)24-30(28,29)17-10-14(22)9-15(23)11-17/h5-6,9-13,24H,2-4,7-8H2,1H3. The number of hydrogen-bond acceptors (Lipinski definition) is 3. The molecule has 1 aliphatic rings. The molecule has 0 unspecified atom stereocenters. The Hall–Kier alpha value is -2.22. The average molecular weight is 466 g/mol. The van der Waals surface area contributed by atoms with Gasteiger partial charge < -0.3 is 9.47 Å². The van der Waals surface area contributed by atoms with Gasteiger partial charge in [0.15, 0.2) is 0 Å². The van der Waals surface area contributed by atoms with Gasteiger partial charge in [0.2, 0.25) is 0 Å². The molecule has 0 atom stereocenters. The maximum atomic E-state index is 13.0. The van der Waals surface area contributed by atoms with E-state index in [1.54, 1.807) is 24.4 Å². The van der Waals surface area contributed by atoms with Crippen molar-refractivity contribution < 1.29 is 13.2 Å². The third kappa shape index (κ3) is 4.15. The second kappa shape index (κ2) is 8.13. The van der Waals surface area contributed by atoms with E-state index in [2.05, 4.69) is 4.72 Å². The van der Waals surface area contributed by atoms with Crippen molar-refractivity contribution in [2.75, 3.05) is 17.8 Å². The van der Waals surface area contributed by atoms with Crippen LogP contribution >= 0.6 is 23.2 Å². The summed E-state index contributed by atoms with van der Waals surface area (Å²) >= 11 is 11.9. The first-order chi connectivity index (χ1) is 14.2. The van der Waals surface area contributed by atoms with Gasteiger partial charge in [-0.25, -0.2) is 8.42 Å². The van der Waals surface area contributed by atoms with Crippen molar-refractivity contribution in [3.05, 3.63) is 58.2 Å². The molecule has 2 heterocycles. The fourth-order valence-electron chi connectivity index (χ4n) is 3.78. The Labute approximate surface area is 185 Å². The maximum absolute atomic E-state index is 13.0. The van der Waals surface area contributed by atoms with Gasteiger partial charge in [0, 0.05) is 41.8 Å². The minimum absolute atomic E-state index is 0.0159. The van der Waals surface area contributed by atoms with Crippen molar-refractivity contribution in [3.8, 4) is 0 Å². The number of amides is 1. The number of hydrogen-bond donors (Lipinski definition) is 1. The molecule has 158 valence electrons. The molecule has 4 rings (SSSR count). The molecule has 1 aromatic heterocycles. The average Bonchev–Trinajstić information content (AvgIpc) is 3.03.